The molecule has 1 aliphatic heterocycles. The van der Waals surface area contributed by atoms with Crippen LogP contribution < -0.4 is 0 Å². The van der Waals surface area contributed by atoms with Crippen LogP contribution in [0.2, 0.25) is 0 Å². The van der Waals surface area contributed by atoms with Gasteiger partial charge in [0.2, 0.25) is 5.72 Å². The van der Waals surface area contributed by atoms with Gasteiger partial charge in [0.05, 0.1) is 38.3 Å². The smallest absolute Gasteiger partial charge is 0.205 e. The van der Waals surface area contributed by atoms with Gasteiger partial charge in [0.1, 0.15) is 0 Å². The molecule has 1 aliphatic rings. The van der Waals surface area contributed by atoms with Gasteiger partial charge >= 0.3 is 0 Å². The number of hydrogen-bond acceptors (Lipinski definition) is 5. The summed E-state index contributed by atoms with van der Waals surface area (Å²) in [4.78, 5) is 1.42. The van der Waals surface area contributed by atoms with Gasteiger partial charge in [-0.05, 0) is 5.56 Å². The monoisotopic (exact) mass is 275 g/mol. The van der Waals surface area contributed by atoms with E-state index >= 15 is 0 Å². The zero-order valence-corrected chi connectivity index (χ0v) is 11.1. The van der Waals surface area contributed by atoms with Crippen LogP contribution >= 0.6 is 0 Å². The standard InChI is InChI=1S/C14H17N3O3/c18-11-14(17-15-6-7-16-17)8-13(20-14)10-19-9-12-4-2-1-3-5-12/h1-7,13,18H,8-11H2. The van der Waals surface area contributed by atoms with Crippen molar-refractivity contribution in [2.75, 3.05) is 13.2 Å². The van der Waals surface area contributed by atoms with Crippen molar-refractivity contribution < 1.29 is 14.6 Å². The van der Waals surface area contributed by atoms with Crippen molar-refractivity contribution in [2.24, 2.45) is 0 Å². The van der Waals surface area contributed by atoms with Crippen molar-refractivity contribution in [3.63, 3.8) is 0 Å². The van der Waals surface area contributed by atoms with Gasteiger partial charge < -0.3 is 14.6 Å². The van der Waals surface area contributed by atoms with Crippen LogP contribution in [0.4, 0.5) is 0 Å². The van der Waals surface area contributed by atoms with Gasteiger partial charge in [0, 0.05) is 6.42 Å². The fourth-order valence-corrected chi connectivity index (χ4v) is 2.35. The van der Waals surface area contributed by atoms with Gasteiger partial charge in [-0.3, -0.25) is 0 Å². The Balaban J connectivity index is 1.46. The number of aliphatic hydroxyl groups excluding tert-OH is 1. The van der Waals surface area contributed by atoms with Crippen molar-refractivity contribution in [3.05, 3.63) is 48.3 Å². The summed E-state index contributed by atoms with van der Waals surface area (Å²) < 4.78 is 11.3. The van der Waals surface area contributed by atoms with Crippen LogP contribution in [0, 0.1) is 0 Å². The summed E-state index contributed by atoms with van der Waals surface area (Å²) in [7, 11) is 0. The molecule has 106 valence electrons. The normalized spacial score (nSPS) is 25.4. The maximum atomic E-state index is 9.46. The minimum Gasteiger partial charge on any atom is -0.391 e. The predicted molar refractivity (Wildman–Crippen MR) is 70.7 cm³/mol. The average molecular weight is 275 g/mol. The first kappa shape index (κ1) is 13.2. The highest BCUT2D eigenvalue weighted by atomic mass is 16.6. The van der Waals surface area contributed by atoms with Crippen LogP contribution in [0.15, 0.2) is 42.7 Å². The molecule has 20 heavy (non-hydrogen) atoms. The van der Waals surface area contributed by atoms with Crippen molar-refractivity contribution in [3.8, 4) is 0 Å². The van der Waals surface area contributed by atoms with Crippen LogP contribution in [-0.4, -0.2) is 39.4 Å². The molecular formula is C14H17N3O3. The second kappa shape index (κ2) is 5.70. The first-order chi connectivity index (χ1) is 9.82. The molecule has 2 unspecified atom stereocenters. The SMILES string of the molecule is OCC1(n2nccn2)CC(COCc2ccccc2)O1. The molecule has 0 radical (unpaired) electrons. The Morgan fingerprint density at radius 1 is 1.30 bits per heavy atom. The molecule has 1 N–H and O–H groups in total. The van der Waals surface area contributed by atoms with E-state index in [-0.39, 0.29) is 12.7 Å². The lowest BCUT2D eigenvalue weighted by atomic mass is 9.99. The van der Waals surface area contributed by atoms with E-state index in [2.05, 4.69) is 10.2 Å². The van der Waals surface area contributed by atoms with Crippen LogP contribution in [0.3, 0.4) is 0 Å². The number of hydrogen-bond donors (Lipinski definition) is 1. The second-order valence-corrected chi connectivity index (χ2v) is 4.87. The molecule has 6 heteroatoms. The molecule has 6 nitrogen and oxygen atoms in total. The molecule has 0 saturated carbocycles. The predicted octanol–water partition coefficient (Wildman–Crippen LogP) is 0.929. The molecule has 0 spiro atoms. The van der Waals surface area contributed by atoms with Crippen molar-refractivity contribution in [2.45, 2.75) is 24.9 Å². The average Bonchev–Trinajstić information content (AvgIpc) is 2.97. The Hall–Kier alpha value is -1.76. The summed E-state index contributed by atoms with van der Waals surface area (Å²) in [5.41, 5.74) is 0.318. The van der Waals surface area contributed by atoms with Crippen molar-refractivity contribution in [1.82, 2.24) is 15.0 Å². The van der Waals surface area contributed by atoms with Crippen molar-refractivity contribution >= 4 is 0 Å². The molecule has 2 atom stereocenters. The molecular weight excluding hydrogens is 258 g/mol. The van der Waals surface area contributed by atoms with Gasteiger partial charge in [-0.15, -0.1) is 4.80 Å². The molecule has 0 amide bonds. The van der Waals surface area contributed by atoms with E-state index in [4.69, 9.17) is 9.47 Å². The lowest BCUT2D eigenvalue weighted by molar-refractivity contribution is -0.294. The van der Waals surface area contributed by atoms with Crippen LogP contribution in [0.5, 0.6) is 0 Å². The van der Waals surface area contributed by atoms with E-state index in [0.29, 0.717) is 19.6 Å². The molecule has 1 aromatic heterocycles. The zero-order chi connectivity index (χ0) is 13.8. The molecule has 1 fully saturated rings. The molecule has 0 bridgehead atoms. The fourth-order valence-electron chi connectivity index (χ4n) is 2.35. The van der Waals surface area contributed by atoms with E-state index in [1.54, 1.807) is 12.4 Å². The lowest BCUT2D eigenvalue weighted by Gasteiger charge is -2.45. The Kier molecular flexibility index (Phi) is 3.77. The highest BCUT2D eigenvalue weighted by molar-refractivity contribution is 5.13. The number of aliphatic hydroxyl groups is 1. The number of benzene rings is 1. The Morgan fingerprint density at radius 3 is 2.65 bits per heavy atom. The number of nitrogens with zero attached hydrogens (tertiary/aromatic N) is 3. The quantitative estimate of drug-likeness (QED) is 0.849. The number of aromatic nitrogens is 3. The number of ether oxygens (including phenoxy) is 2. The third kappa shape index (κ3) is 2.58. The minimum absolute atomic E-state index is 0.0307. The largest absolute Gasteiger partial charge is 0.391 e. The summed E-state index contributed by atoms with van der Waals surface area (Å²) in [6.07, 6.45) is 3.75. The van der Waals surface area contributed by atoms with Gasteiger partial charge in [-0.25, -0.2) is 0 Å². The maximum absolute atomic E-state index is 9.46. The highest BCUT2D eigenvalue weighted by Gasteiger charge is 2.48. The van der Waals surface area contributed by atoms with Gasteiger partial charge in [-0.2, -0.15) is 10.2 Å². The summed E-state index contributed by atoms with van der Waals surface area (Å²) in [6.45, 7) is 0.918. The van der Waals surface area contributed by atoms with Gasteiger partial charge in [-0.1, -0.05) is 30.3 Å². The molecule has 0 aliphatic carbocycles. The summed E-state index contributed by atoms with van der Waals surface area (Å²) in [5, 5.41) is 17.5. The van der Waals surface area contributed by atoms with Gasteiger partial charge in [0.25, 0.3) is 0 Å². The second-order valence-electron chi connectivity index (χ2n) is 4.87. The summed E-state index contributed by atoms with van der Waals surface area (Å²) in [6, 6.07) is 9.99. The van der Waals surface area contributed by atoms with E-state index < -0.39 is 5.72 Å². The Labute approximate surface area is 116 Å². The third-order valence-electron chi connectivity index (χ3n) is 3.38. The van der Waals surface area contributed by atoms with Crippen molar-refractivity contribution in [1.29, 1.82) is 0 Å². The molecule has 2 heterocycles. The van der Waals surface area contributed by atoms with Gasteiger partial charge in [0.15, 0.2) is 0 Å². The van der Waals surface area contributed by atoms with E-state index in [1.165, 1.54) is 4.80 Å². The first-order valence-corrected chi connectivity index (χ1v) is 6.59. The lowest BCUT2D eigenvalue weighted by Crippen LogP contribution is -2.57. The first-order valence-electron chi connectivity index (χ1n) is 6.59. The maximum Gasteiger partial charge on any atom is 0.205 e. The molecule has 2 aromatic rings. The van der Waals surface area contributed by atoms with E-state index in [1.807, 2.05) is 30.3 Å². The fraction of sp³-hybridized carbons (Fsp3) is 0.429. The summed E-state index contributed by atoms with van der Waals surface area (Å²) >= 11 is 0. The van der Waals surface area contributed by atoms with E-state index in [9.17, 15) is 5.11 Å². The Morgan fingerprint density at radius 2 is 2.00 bits per heavy atom. The van der Waals surface area contributed by atoms with Crippen LogP contribution in [0.1, 0.15) is 12.0 Å². The molecule has 1 aromatic carbocycles. The topological polar surface area (TPSA) is 69.4 Å². The molecule has 1 saturated heterocycles. The Bertz CT molecular complexity index is 524. The highest BCUT2D eigenvalue weighted by Crippen LogP contribution is 2.36. The number of rotatable bonds is 6. The van der Waals surface area contributed by atoms with Crippen LogP contribution in [-0.2, 0) is 21.8 Å². The third-order valence-corrected chi connectivity index (χ3v) is 3.38. The molecule has 3 rings (SSSR count). The minimum atomic E-state index is -0.815. The zero-order valence-electron chi connectivity index (χ0n) is 11.1. The van der Waals surface area contributed by atoms with Crippen LogP contribution in [0.25, 0.3) is 0 Å². The summed E-state index contributed by atoms with van der Waals surface area (Å²) in [5.74, 6) is 0. The van der Waals surface area contributed by atoms with E-state index in [0.717, 1.165) is 5.56 Å².